The highest BCUT2D eigenvalue weighted by Gasteiger charge is 2.09. The molecule has 0 atom stereocenters. The van der Waals surface area contributed by atoms with Gasteiger partial charge in [-0.1, -0.05) is 5.21 Å². The lowest BCUT2D eigenvalue weighted by Gasteiger charge is -2.03. The topological polar surface area (TPSA) is 136 Å². The van der Waals surface area contributed by atoms with E-state index in [1.807, 2.05) is 4.57 Å². The molecule has 0 aliphatic rings. The first-order chi connectivity index (χ1) is 11.6. The van der Waals surface area contributed by atoms with E-state index in [9.17, 15) is 4.79 Å². The zero-order valence-corrected chi connectivity index (χ0v) is 13.0. The SMILES string of the molecule is CC(=O)OCCOCn1cc(Cn2cnc3c(N)ncnc32)nn1. The van der Waals surface area contributed by atoms with Crippen molar-refractivity contribution in [2.24, 2.45) is 0 Å². The molecule has 3 aromatic heterocycles. The summed E-state index contributed by atoms with van der Waals surface area (Å²) in [5.41, 5.74) is 7.66. The third kappa shape index (κ3) is 3.63. The third-order valence-electron chi connectivity index (χ3n) is 3.10. The van der Waals surface area contributed by atoms with Gasteiger partial charge in [-0.15, -0.1) is 5.10 Å². The van der Waals surface area contributed by atoms with Crippen LogP contribution < -0.4 is 5.73 Å². The maximum atomic E-state index is 10.6. The van der Waals surface area contributed by atoms with Gasteiger partial charge in [-0.2, -0.15) is 0 Å². The predicted molar refractivity (Wildman–Crippen MR) is 81.4 cm³/mol. The number of aromatic nitrogens is 7. The van der Waals surface area contributed by atoms with Gasteiger partial charge in [-0.05, 0) is 0 Å². The van der Waals surface area contributed by atoms with E-state index in [4.69, 9.17) is 15.2 Å². The molecule has 2 N–H and O–H groups in total. The van der Waals surface area contributed by atoms with Crippen molar-refractivity contribution in [3.63, 3.8) is 0 Å². The highest BCUT2D eigenvalue weighted by atomic mass is 16.6. The average molecular weight is 332 g/mol. The molecule has 0 spiro atoms. The Labute approximate surface area is 136 Å². The Kier molecular flexibility index (Phi) is 4.61. The Bertz CT molecular complexity index is 843. The molecule has 0 aromatic carbocycles. The Morgan fingerprint density at radius 3 is 3.00 bits per heavy atom. The Morgan fingerprint density at radius 1 is 1.29 bits per heavy atom. The van der Waals surface area contributed by atoms with Crippen LogP contribution in [-0.4, -0.2) is 53.7 Å². The first-order valence-electron chi connectivity index (χ1n) is 7.15. The predicted octanol–water partition coefficient (Wildman–Crippen LogP) is -0.414. The third-order valence-corrected chi connectivity index (χ3v) is 3.10. The van der Waals surface area contributed by atoms with Crippen molar-refractivity contribution in [2.75, 3.05) is 18.9 Å². The van der Waals surface area contributed by atoms with Crippen LogP contribution in [-0.2, 0) is 27.5 Å². The van der Waals surface area contributed by atoms with Crippen molar-refractivity contribution < 1.29 is 14.3 Å². The molecule has 3 rings (SSSR count). The smallest absolute Gasteiger partial charge is 0.302 e. The number of nitrogen functional groups attached to an aromatic ring is 1. The van der Waals surface area contributed by atoms with E-state index in [-0.39, 0.29) is 25.9 Å². The number of ether oxygens (including phenoxy) is 2. The zero-order chi connectivity index (χ0) is 16.9. The van der Waals surface area contributed by atoms with E-state index in [0.717, 1.165) is 5.69 Å². The number of nitrogens with two attached hydrogens (primary N) is 1. The van der Waals surface area contributed by atoms with E-state index in [0.29, 0.717) is 23.5 Å². The molecule has 0 fully saturated rings. The molecular formula is C13H16N8O3. The summed E-state index contributed by atoms with van der Waals surface area (Å²) in [7, 11) is 0. The number of hydrogen-bond donors (Lipinski definition) is 1. The number of carbonyl (C=O) groups is 1. The van der Waals surface area contributed by atoms with E-state index in [1.165, 1.54) is 13.3 Å². The van der Waals surface area contributed by atoms with E-state index < -0.39 is 0 Å². The minimum Gasteiger partial charge on any atom is -0.463 e. The number of anilines is 1. The molecule has 0 amide bonds. The van der Waals surface area contributed by atoms with Gasteiger partial charge in [0.25, 0.3) is 0 Å². The van der Waals surface area contributed by atoms with Gasteiger partial charge < -0.3 is 19.8 Å². The van der Waals surface area contributed by atoms with Crippen molar-refractivity contribution in [1.29, 1.82) is 0 Å². The van der Waals surface area contributed by atoms with Gasteiger partial charge in [0.15, 0.2) is 11.5 Å². The first kappa shape index (κ1) is 15.8. The van der Waals surface area contributed by atoms with Crippen molar-refractivity contribution in [3.8, 4) is 0 Å². The lowest BCUT2D eigenvalue weighted by atomic mass is 10.4. The number of hydrogen-bond acceptors (Lipinski definition) is 9. The molecule has 0 saturated heterocycles. The summed E-state index contributed by atoms with van der Waals surface area (Å²) >= 11 is 0. The maximum absolute atomic E-state index is 10.6. The second-order valence-electron chi connectivity index (χ2n) is 4.93. The van der Waals surface area contributed by atoms with Crippen LogP contribution >= 0.6 is 0 Å². The van der Waals surface area contributed by atoms with Gasteiger partial charge in [-0.3, -0.25) is 4.79 Å². The van der Waals surface area contributed by atoms with Crippen LogP contribution in [0, 0.1) is 0 Å². The molecular weight excluding hydrogens is 316 g/mol. The van der Waals surface area contributed by atoms with Gasteiger partial charge in [-0.25, -0.2) is 19.6 Å². The number of esters is 1. The fourth-order valence-electron chi connectivity index (χ4n) is 2.07. The van der Waals surface area contributed by atoms with Crippen LogP contribution in [0.2, 0.25) is 0 Å². The van der Waals surface area contributed by atoms with Crippen molar-refractivity contribution in [3.05, 3.63) is 24.5 Å². The summed E-state index contributed by atoms with van der Waals surface area (Å²) in [5.74, 6) is 0.00207. The molecule has 3 heterocycles. The van der Waals surface area contributed by atoms with Crippen LogP contribution in [0.4, 0.5) is 5.82 Å². The highest BCUT2D eigenvalue weighted by molar-refractivity contribution is 5.81. The van der Waals surface area contributed by atoms with E-state index in [1.54, 1.807) is 17.2 Å². The Hall–Kier alpha value is -3.08. The van der Waals surface area contributed by atoms with E-state index in [2.05, 4.69) is 25.3 Å². The molecule has 0 aliphatic carbocycles. The molecule has 24 heavy (non-hydrogen) atoms. The summed E-state index contributed by atoms with van der Waals surface area (Å²) < 4.78 is 13.5. The minimum absolute atomic E-state index is 0.207. The zero-order valence-electron chi connectivity index (χ0n) is 13.0. The van der Waals surface area contributed by atoms with Crippen LogP contribution in [0.15, 0.2) is 18.9 Å². The standard InChI is InChI=1S/C13H16N8O3/c1-9(22)24-3-2-23-8-21-5-10(18-19-21)4-20-7-17-11-12(14)15-6-16-13(11)20/h5-7H,2-4,8H2,1H3,(H2,14,15,16). The molecule has 0 saturated carbocycles. The Morgan fingerprint density at radius 2 is 2.17 bits per heavy atom. The second-order valence-corrected chi connectivity index (χ2v) is 4.93. The van der Waals surface area contributed by atoms with Gasteiger partial charge in [0.2, 0.25) is 0 Å². The number of fused-ring (bicyclic) bond motifs is 1. The minimum atomic E-state index is -0.335. The number of carbonyl (C=O) groups excluding carboxylic acids is 1. The van der Waals surface area contributed by atoms with Gasteiger partial charge in [0, 0.05) is 6.92 Å². The number of rotatable bonds is 7. The molecule has 126 valence electrons. The highest BCUT2D eigenvalue weighted by Crippen LogP contribution is 2.14. The molecule has 0 bridgehead atoms. The molecule has 11 nitrogen and oxygen atoms in total. The van der Waals surface area contributed by atoms with Crippen molar-refractivity contribution >= 4 is 23.0 Å². The molecule has 0 aliphatic heterocycles. The summed E-state index contributed by atoms with van der Waals surface area (Å²) in [4.78, 5) is 22.9. The van der Waals surface area contributed by atoms with Crippen LogP contribution in [0.5, 0.6) is 0 Å². The van der Waals surface area contributed by atoms with Gasteiger partial charge in [0.05, 0.1) is 25.7 Å². The second kappa shape index (κ2) is 7.00. The van der Waals surface area contributed by atoms with Crippen LogP contribution in [0.25, 0.3) is 11.2 Å². The van der Waals surface area contributed by atoms with Gasteiger partial charge >= 0.3 is 5.97 Å². The first-order valence-corrected chi connectivity index (χ1v) is 7.15. The molecule has 0 radical (unpaired) electrons. The lowest BCUT2D eigenvalue weighted by Crippen LogP contribution is -2.10. The largest absolute Gasteiger partial charge is 0.463 e. The Balaban J connectivity index is 1.57. The number of nitrogens with zero attached hydrogens (tertiary/aromatic N) is 7. The molecule has 11 heteroatoms. The monoisotopic (exact) mass is 332 g/mol. The van der Waals surface area contributed by atoms with E-state index >= 15 is 0 Å². The number of imidazole rings is 1. The van der Waals surface area contributed by atoms with Crippen LogP contribution in [0.1, 0.15) is 12.6 Å². The quantitative estimate of drug-likeness (QED) is 0.452. The fraction of sp³-hybridized carbons (Fsp3) is 0.385. The summed E-state index contributed by atoms with van der Waals surface area (Å²) in [6.45, 7) is 2.51. The molecule has 0 unspecified atom stereocenters. The summed E-state index contributed by atoms with van der Waals surface area (Å²) in [5, 5.41) is 8.04. The van der Waals surface area contributed by atoms with Crippen molar-refractivity contribution in [1.82, 2.24) is 34.5 Å². The average Bonchev–Trinajstić information content (AvgIpc) is 3.16. The lowest BCUT2D eigenvalue weighted by molar-refractivity contribution is -0.142. The molecule has 3 aromatic rings. The normalized spacial score (nSPS) is 11.0. The fourth-order valence-corrected chi connectivity index (χ4v) is 2.07. The summed E-state index contributed by atoms with van der Waals surface area (Å²) in [6.07, 6.45) is 4.77. The van der Waals surface area contributed by atoms with Crippen molar-refractivity contribution in [2.45, 2.75) is 20.2 Å². The van der Waals surface area contributed by atoms with Crippen LogP contribution in [0.3, 0.4) is 0 Å². The van der Waals surface area contributed by atoms with Gasteiger partial charge in [0.1, 0.15) is 30.9 Å². The maximum Gasteiger partial charge on any atom is 0.302 e. The summed E-state index contributed by atoms with van der Waals surface area (Å²) in [6, 6.07) is 0.